The quantitative estimate of drug-likeness (QED) is 0.526. The topological polar surface area (TPSA) is 40.5 Å². The van der Waals surface area contributed by atoms with Gasteiger partial charge in [-0.25, -0.2) is 4.98 Å². The van der Waals surface area contributed by atoms with Crippen LogP contribution in [0, 0.1) is 0 Å². The van der Waals surface area contributed by atoms with E-state index in [0.29, 0.717) is 5.11 Å². The number of para-hydroxylation sites is 1. The summed E-state index contributed by atoms with van der Waals surface area (Å²) in [6.45, 7) is 3.99. The normalized spacial score (nSPS) is 15.5. The molecule has 1 aromatic carbocycles. The van der Waals surface area contributed by atoms with Crippen LogP contribution in [-0.2, 0) is 0 Å². The Morgan fingerprint density at radius 3 is 2.76 bits per heavy atom. The molecular formula is C16H18N4S. The van der Waals surface area contributed by atoms with Gasteiger partial charge in [-0.15, -0.1) is 0 Å². The fourth-order valence-corrected chi connectivity index (χ4v) is 2.68. The highest BCUT2D eigenvalue weighted by Crippen LogP contribution is 2.12. The van der Waals surface area contributed by atoms with Gasteiger partial charge in [0.15, 0.2) is 5.11 Å². The number of benzene rings is 1. The van der Waals surface area contributed by atoms with Gasteiger partial charge in [-0.3, -0.25) is 5.43 Å². The third-order valence-corrected chi connectivity index (χ3v) is 4.03. The van der Waals surface area contributed by atoms with Crippen molar-refractivity contribution in [2.75, 3.05) is 13.1 Å². The molecule has 21 heavy (non-hydrogen) atoms. The number of nitrogens with one attached hydrogen (secondary N) is 1. The maximum absolute atomic E-state index is 5.35. The van der Waals surface area contributed by atoms with E-state index in [9.17, 15) is 0 Å². The van der Waals surface area contributed by atoms with Gasteiger partial charge in [-0.05, 0) is 44.1 Å². The highest BCUT2D eigenvalue weighted by molar-refractivity contribution is 7.80. The number of thiocarbonyl (C=S) groups is 1. The fourth-order valence-electron chi connectivity index (χ4n) is 2.45. The van der Waals surface area contributed by atoms with Crippen LogP contribution in [0.2, 0.25) is 0 Å². The highest BCUT2D eigenvalue weighted by atomic mass is 32.1. The van der Waals surface area contributed by atoms with Gasteiger partial charge in [-0.2, -0.15) is 5.10 Å². The first-order valence-corrected chi connectivity index (χ1v) is 7.60. The minimum Gasteiger partial charge on any atom is -0.348 e. The smallest absolute Gasteiger partial charge is 0.189 e. The minimum absolute atomic E-state index is 0.702. The lowest BCUT2D eigenvalue weighted by molar-refractivity contribution is 0.509. The van der Waals surface area contributed by atoms with Crippen molar-refractivity contribution in [3.05, 3.63) is 42.1 Å². The number of fused-ring (bicyclic) bond motifs is 1. The summed E-state index contributed by atoms with van der Waals surface area (Å²) in [6, 6.07) is 12.1. The molecule has 2 heterocycles. The summed E-state index contributed by atoms with van der Waals surface area (Å²) in [4.78, 5) is 6.78. The van der Waals surface area contributed by atoms with Crippen LogP contribution < -0.4 is 5.43 Å². The zero-order chi connectivity index (χ0) is 14.7. The van der Waals surface area contributed by atoms with E-state index < -0.39 is 0 Å². The van der Waals surface area contributed by atoms with Crippen LogP contribution in [0.4, 0.5) is 0 Å². The first-order chi connectivity index (χ1) is 10.2. The lowest BCUT2D eigenvalue weighted by Gasteiger charge is -2.17. The number of likely N-dealkylation sites (tertiary alicyclic amines) is 1. The molecular weight excluding hydrogens is 280 g/mol. The molecule has 0 amide bonds. The van der Waals surface area contributed by atoms with E-state index >= 15 is 0 Å². The molecule has 1 aliphatic rings. The zero-order valence-corrected chi connectivity index (χ0v) is 12.9. The van der Waals surface area contributed by atoms with E-state index in [-0.39, 0.29) is 0 Å². The maximum Gasteiger partial charge on any atom is 0.189 e. The van der Waals surface area contributed by atoms with Crippen LogP contribution in [0.1, 0.15) is 25.5 Å². The van der Waals surface area contributed by atoms with Crippen LogP contribution in [-0.4, -0.2) is 33.8 Å². The zero-order valence-electron chi connectivity index (χ0n) is 12.0. The van der Waals surface area contributed by atoms with Crippen molar-refractivity contribution in [3.8, 4) is 0 Å². The summed E-state index contributed by atoms with van der Waals surface area (Å²) < 4.78 is 0. The van der Waals surface area contributed by atoms with Gasteiger partial charge in [0.2, 0.25) is 0 Å². The lowest BCUT2D eigenvalue weighted by atomic mass is 10.2. The minimum atomic E-state index is 0.702. The monoisotopic (exact) mass is 298 g/mol. The van der Waals surface area contributed by atoms with E-state index in [4.69, 9.17) is 12.2 Å². The fraction of sp³-hybridized carbons (Fsp3) is 0.312. The summed E-state index contributed by atoms with van der Waals surface area (Å²) in [5.41, 5.74) is 5.66. The van der Waals surface area contributed by atoms with Crippen LogP contribution in [0.5, 0.6) is 0 Å². The van der Waals surface area contributed by atoms with E-state index in [0.717, 1.165) is 35.4 Å². The number of nitrogens with zero attached hydrogens (tertiary/aromatic N) is 3. The molecule has 4 nitrogen and oxygen atoms in total. The number of hydrogen-bond donors (Lipinski definition) is 1. The van der Waals surface area contributed by atoms with Crippen molar-refractivity contribution in [1.82, 2.24) is 15.3 Å². The van der Waals surface area contributed by atoms with E-state index in [1.807, 2.05) is 31.2 Å². The molecule has 1 N–H and O–H groups in total. The Bertz CT molecular complexity index is 689. The van der Waals surface area contributed by atoms with Crippen LogP contribution in [0.25, 0.3) is 10.9 Å². The molecule has 2 aromatic rings. The van der Waals surface area contributed by atoms with Crippen molar-refractivity contribution in [1.29, 1.82) is 0 Å². The molecule has 108 valence electrons. The Kier molecular flexibility index (Phi) is 4.10. The van der Waals surface area contributed by atoms with Crippen LogP contribution >= 0.6 is 12.2 Å². The predicted octanol–water partition coefficient (Wildman–Crippen LogP) is 2.93. The Morgan fingerprint density at radius 2 is 1.95 bits per heavy atom. The molecule has 0 radical (unpaired) electrons. The largest absolute Gasteiger partial charge is 0.348 e. The Hall–Kier alpha value is -2.01. The molecule has 5 heteroatoms. The summed E-state index contributed by atoms with van der Waals surface area (Å²) >= 11 is 5.35. The Balaban J connectivity index is 1.74. The van der Waals surface area contributed by atoms with Gasteiger partial charge in [0, 0.05) is 18.5 Å². The van der Waals surface area contributed by atoms with E-state index in [2.05, 4.69) is 32.5 Å². The second-order valence-corrected chi connectivity index (χ2v) is 5.58. The third kappa shape index (κ3) is 3.19. The molecule has 0 atom stereocenters. The van der Waals surface area contributed by atoms with Gasteiger partial charge in [-0.1, -0.05) is 24.3 Å². The molecule has 0 aliphatic carbocycles. The number of rotatable bonds is 2. The molecule has 0 bridgehead atoms. The van der Waals surface area contributed by atoms with Crippen LogP contribution in [0.3, 0.4) is 0 Å². The Labute approximate surface area is 129 Å². The second-order valence-electron chi connectivity index (χ2n) is 5.20. The molecule has 0 spiro atoms. The molecule has 1 aliphatic heterocycles. The summed E-state index contributed by atoms with van der Waals surface area (Å²) in [7, 11) is 0. The van der Waals surface area contributed by atoms with Crippen molar-refractivity contribution in [2.24, 2.45) is 5.10 Å². The first-order valence-electron chi connectivity index (χ1n) is 7.19. The van der Waals surface area contributed by atoms with Crippen molar-refractivity contribution >= 4 is 33.9 Å². The van der Waals surface area contributed by atoms with Gasteiger partial charge in [0.1, 0.15) is 0 Å². The number of hydrogen-bond acceptors (Lipinski definition) is 3. The van der Waals surface area contributed by atoms with Crippen molar-refractivity contribution < 1.29 is 0 Å². The van der Waals surface area contributed by atoms with Gasteiger partial charge >= 0.3 is 0 Å². The summed E-state index contributed by atoms with van der Waals surface area (Å²) in [5.74, 6) is 0. The molecule has 3 rings (SSSR count). The number of aromatic nitrogens is 1. The van der Waals surface area contributed by atoms with Crippen LogP contribution in [0.15, 0.2) is 41.5 Å². The van der Waals surface area contributed by atoms with Gasteiger partial charge in [0.05, 0.1) is 16.9 Å². The Morgan fingerprint density at radius 1 is 1.19 bits per heavy atom. The van der Waals surface area contributed by atoms with Gasteiger partial charge < -0.3 is 4.90 Å². The standard InChI is InChI=1S/C16H18N4S/c1-12(18-19-16(21)20-10-4-5-11-20)14-9-8-13-6-2-3-7-15(13)17-14/h2-3,6-9H,4-5,10-11H2,1H3,(H,19,21). The summed E-state index contributed by atoms with van der Waals surface area (Å²) in [6.07, 6.45) is 2.41. The predicted molar refractivity (Wildman–Crippen MR) is 90.5 cm³/mol. The number of hydrazone groups is 1. The lowest BCUT2D eigenvalue weighted by Crippen LogP contribution is -2.35. The SMILES string of the molecule is CC(=NNC(=S)N1CCCC1)c1ccc2ccccc2n1. The molecule has 1 fully saturated rings. The molecule has 1 aromatic heterocycles. The maximum atomic E-state index is 5.35. The van der Waals surface area contributed by atoms with Gasteiger partial charge in [0.25, 0.3) is 0 Å². The summed E-state index contributed by atoms with van der Waals surface area (Å²) in [5, 5.41) is 6.20. The number of pyridine rings is 1. The molecule has 1 saturated heterocycles. The van der Waals surface area contributed by atoms with E-state index in [1.54, 1.807) is 0 Å². The molecule has 0 unspecified atom stereocenters. The second kappa shape index (κ2) is 6.18. The van der Waals surface area contributed by atoms with E-state index in [1.165, 1.54) is 12.8 Å². The van der Waals surface area contributed by atoms with Crippen molar-refractivity contribution in [3.63, 3.8) is 0 Å². The average molecular weight is 298 g/mol. The third-order valence-electron chi connectivity index (χ3n) is 3.68. The first kappa shape index (κ1) is 13.9. The molecule has 0 saturated carbocycles. The highest BCUT2D eigenvalue weighted by Gasteiger charge is 2.14. The average Bonchev–Trinajstić information content (AvgIpc) is 3.06. The van der Waals surface area contributed by atoms with Crippen molar-refractivity contribution in [2.45, 2.75) is 19.8 Å².